The van der Waals surface area contributed by atoms with E-state index in [1.54, 1.807) is 45.9 Å². The van der Waals surface area contributed by atoms with Gasteiger partial charge in [-0.3, -0.25) is 9.36 Å². The third-order valence-electron chi connectivity index (χ3n) is 6.15. The van der Waals surface area contributed by atoms with Gasteiger partial charge in [0.1, 0.15) is 6.10 Å². The highest BCUT2D eigenvalue weighted by molar-refractivity contribution is 6.35. The van der Waals surface area contributed by atoms with Crippen molar-refractivity contribution < 1.29 is 33.3 Å². The molecular weight excluding hydrogens is 480 g/mol. The summed E-state index contributed by atoms with van der Waals surface area (Å²) in [6.07, 6.45) is -0.496. The fourth-order valence-corrected chi connectivity index (χ4v) is 5.01. The van der Waals surface area contributed by atoms with Gasteiger partial charge < -0.3 is 23.7 Å². The summed E-state index contributed by atoms with van der Waals surface area (Å²) in [5, 5.41) is 0.648. The number of hydrogen-bond donors (Lipinski definition) is 0. The summed E-state index contributed by atoms with van der Waals surface area (Å²) in [6, 6.07) is 4.69. The molecule has 0 amide bonds. The summed E-state index contributed by atoms with van der Waals surface area (Å²) in [7, 11) is 0. The number of benzene rings is 1. The molecule has 0 N–H and O–H groups in total. The molecule has 4 atom stereocenters. The molecule has 11 heteroatoms. The van der Waals surface area contributed by atoms with Crippen molar-refractivity contribution in [1.29, 1.82) is 0 Å². The van der Waals surface area contributed by atoms with Crippen molar-refractivity contribution in [2.24, 2.45) is 5.92 Å². The first-order valence-corrected chi connectivity index (χ1v) is 12.0. The van der Waals surface area contributed by atoms with Gasteiger partial charge in [0.05, 0.1) is 54.2 Å². The Hall–Kier alpha value is -2.53. The van der Waals surface area contributed by atoms with Crippen molar-refractivity contribution in [3.8, 4) is 0 Å². The van der Waals surface area contributed by atoms with Crippen LogP contribution >= 0.6 is 11.6 Å². The van der Waals surface area contributed by atoms with Gasteiger partial charge in [-0.05, 0) is 46.2 Å². The maximum absolute atomic E-state index is 13.4. The molecule has 0 radical (unpaired) electrons. The van der Waals surface area contributed by atoms with E-state index in [1.165, 1.54) is 10.9 Å². The van der Waals surface area contributed by atoms with Gasteiger partial charge >= 0.3 is 11.9 Å². The quantitative estimate of drug-likeness (QED) is 0.392. The zero-order valence-corrected chi connectivity index (χ0v) is 20.8. The summed E-state index contributed by atoms with van der Waals surface area (Å²) in [4.78, 5) is 42.4. The Morgan fingerprint density at radius 1 is 1.17 bits per heavy atom. The van der Waals surface area contributed by atoms with E-state index in [9.17, 15) is 14.4 Å². The van der Waals surface area contributed by atoms with Crippen LogP contribution in [0.2, 0.25) is 5.02 Å². The van der Waals surface area contributed by atoms with E-state index in [4.69, 9.17) is 35.3 Å². The highest BCUT2D eigenvalue weighted by Crippen LogP contribution is 2.46. The predicted octanol–water partition coefficient (Wildman–Crippen LogP) is 2.64. The van der Waals surface area contributed by atoms with E-state index >= 15 is 0 Å². The minimum absolute atomic E-state index is 0.00405. The zero-order chi connectivity index (χ0) is 25.3. The van der Waals surface area contributed by atoms with Gasteiger partial charge in [-0.25, -0.2) is 14.6 Å². The second-order valence-corrected chi connectivity index (χ2v) is 9.34. The maximum atomic E-state index is 13.4. The molecule has 0 unspecified atom stereocenters. The molecule has 0 spiro atoms. The van der Waals surface area contributed by atoms with Gasteiger partial charge in [-0.2, -0.15) is 0 Å². The van der Waals surface area contributed by atoms with E-state index in [2.05, 4.69) is 4.98 Å². The highest BCUT2D eigenvalue weighted by atomic mass is 35.5. The first kappa shape index (κ1) is 25.6. The number of aromatic nitrogens is 2. The van der Waals surface area contributed by atoms with Gasteiger partial charge in [-0.1, -0.05) is 17.7 Å². The molecule has 1 saturated heterocycles. The third-order valence-corrected chi connectivity index (χ3v) is 6.46. The van der Waals surface area contributed by atoms with E-state index in [0.29, 0.717) is 22.3 Å². The molecule has 35 heavy (non-hydrogen) atoms. The molecule has 2 heterocycles. The predicted molar refractivity (Wildman–Crippen MR) is 125 cm³/mol. The van der Waals surface area contributed by atoms with Crippen LogP contribution in [0.5, 0.6) is 0 Å². The molecule has 2 aromatic rings. The largest absolute Gasteiger partial charge is 0.464 e. The number of rotatable bonds is 8. The monoisotopic (exact) mass is 508 g/mol. The Labute approximate surface area is 207 Å². The van der Waals surface area contributed by atoms with Crippen LogP contribution in [0.15, 0.2) is 29.3 Å². The van der Waals surface area contributed by atoms with Gasteiger partial charge in [0.25, 0.3) is 11.7 Å². The highest BCUT2D eigenvalue weighted by Gasteiger charge is 2.55. The van der Waals surface area contributed by atoms with Crippen LogP contribution in [0, 0.1) is 5.92 Å². The zero-order valence-electron chi connectivity index (χ0n) is 20.1. The molecule has 1 aliphatic carbocycles. The van der Waals surface area contributed by atoms with Crippen LogP contribution in [0.25, 0.3) is 10.9 Å². The Kier molecular flexibility index (Phi) is 7.46. The Bertz CT molecular complexity index is 1150. The maximum Gasteiger partial charge on any atom is 0.347 e. The standard InChI is InChI=1S/C24H29ClN2O8/c1-5-31-22(29)20(23(30)32-6-2)33-11-13-10-16(19-18(13)34-24(3,4)35-19)27-12-26-15-9-7-8-14(25)17(15)21(27)28/h7-9,12-13,16,18-20H,5-6,10-11H2,1-4H3/t13-,16-,18+,19-/m1/s1. The number of carbonyl (C=O) groups is 2. The van der Waals surface area contributed by atoms with Crippen LogP contribution in [0.4, 0.5) is 0 Å². The van der Waals surface area contributed by atoms with Crippen molar-refractivity contribution in [3.05, 3.63) is 39.9 Å². The first-order chi connectivity index (χ1) is 16.7. The molecule has 1 saturated carbocycles. The van der Waals surface area contributed by atoms with Crippen molar-refractivity contribution >= 4 is 34.4 Å². The number of halogens is 1. The lowest BCUT2D eigenvalue weighted by molar-refractivity contribution is -0.179. The molecule has 1 aromatic carbocycles. The van der Waals surface area contributed by atoms with Crippen molar-refractivity contribution in [2.45, 2.75) is 64.3 Å². The number of nitrogens with zero attached hydrogens (tertiary/aromatic N) is 2. The number of ether oxygens (including phenoxy) is 5. The summed E-state index contributed by atoms with van der Waals surface area (Å²) in [5.41, 5.74) is 0.221. The minimum atomic E-state index is -1.51. The summed E-state index contributed by atoms with van der Waals surface area (Å²) in [6.45, 7) is 7.05. The van der Waals surface area contributed by atoms with Crippen LogP contribution < -0.4 is 5.56 Å². The van der Waals surface area contributed by atoms with E-state index in [0.717, 1.165) is 0 Å². The van der Waals surface area contributed by atoms with Crippen LogP contribution in [0.1, 0.15) is 40.2 Å². The number of carbonyl (C=O) groups excluding carboxylic acids is 2. The van der Waals surface area contributed by atoms with Crippen LogP contribution in [-0.4, -0.2) is 65.4 Å². The van der Waals surface area contributed by atoms with Gasteiger partial charge in [-0.15, -0.1) is 0 Å². The SMILES string of the molecule is CCOC(=O)C(OC[C@H]1C[C@@H](n2cnc3cccc(Cl)c3c2=O)[C@H]2OC(C)(C)O[C@@H]12)C(=O)OCC. The fourth-order valence-electron chi connectivity index (χ4n) is 4.75. The summed E-state index contributed by atoms with van der Waals surface area (Å²) in [5.74, 6) is -2.80. The minimum Gasteiger partial charge on any atom is -0.464 e. The van der Waals surface area contributed by atoms with E-state index in [-0.39, 0.29) is 31.3 Å². The van der Waals surface area contributed by atoms with Crippen LogP contribution in [-0.2, 0) is 33.3 Å². The van der Waals surface area contributed by atoms with Crippen molar-refractivity contribution in [2.75, 3.05) is 19.8 Å². The smallest absolute Gasteiger partial charge is 0.347 e. The molecular formula is C24H29ClN2O8. The molecule has 2 aliphatic rings. The first-order valence-electron chi connectivity index (χ1n) is 11.6. The average Bonchev–Trinajstić information content (AvgIpc) is 3.28. The van der Waals surface area contributed by atoms with Gasteiger partial charge in [0.2, 0.25) is 0 Å². The molecule has 4 rings (SSSR count). The van der Waals surface area contributed by atoms with E-state index in [1.807, 2.05) is 0 Å². The average molecular weight is 509 g/mol. The normalized spacial score (nSPS) is 25.1. The Balaban J connectivity index is 1.61. The van der Waals surface area contributed by atoms with Crippen LogP contribution in [0.3, 0.4) is 0 Å². The molecule has 1 aliphatic heterocycles. The second-order valence-electron chi connectivity index (χ2n) is 8.94. The lowest BCUT2D eigenvalue weighted by atomic mass is 10.1. The third kappa shape index (κ3) is 5.06. The second kappa shape index (κ2) is 10.2. The van der Waals surface area contributed by atoms with Gasteiger partial charge in [0, 0.05) is 5.92 Å². The summed E-state index contributed by atoms with van der Waals surface area (Å²) >= 11 is 6.30. The number of hydrogen-bond acceptors (Lipinski definition) is 9. The number of esters is 2. The van der Waals surface area contributed by atoms with Gasteiger partial charge in [0.15, 0.2) is 5.79 Å². The molecule has 0 bridgehead atoms. The Morgan fingerprint density at radius 3 is 2.49 bits per heavy atom. The lowest BCUT2D eigenvalue weighted by Crippen LogP contribution is -2.38. The molecule has 190 valence electrons. The number of fused-ring (bicyclic) bond motifs is 2. The lowest BCUT2D eigenvalue weighted by Gasteiger charge is -2.25. The van der Waals surface area contributed by atoms with E-state index < -0.39 is 42.1 Å². The molecule has 2 fully saturated rings. The van der Waals surface area contributed by atoms with Crippen molar-refractivity contribution in [1.82, 2.24) is 9.55 Å². The Morgan fingerprint density at radius 2 is 1.83 bits per heavy atom. The van der Waals surface area contributed by atoms with Crippen molar-refractivity contribution in [3.63, 3.8) is 0 Å². The topological polar surface area (TPSA) is 115 Å². The fraction of sp³-hybridized carbons (Fsp3) is 0.583. The molecule has 10 nitrogen and oxygen atoms in total. The molecule has 1 aromatic heterocycles. The summed E-state index contributed by atoms with van der Waals surface area (Å²) < 4.78 is 29.5.